The number of thioether (sulfide) groups is 1. The van der Waals surface area contributed by atoms with E-state index in [4.69, 9.17) is 23.2 Å². The summed E-state index contributed by atoms with van der Waals surface area (Å²) in [4.78, 5) is 29.7. The lowest BCUT2D eigenvalue weighted by Gasteiger charge is -2.12. The van der Waals surface area contributed by atoms with E-state index >= 15 is 0 Å². The van der Waals surface area contributed by atoms with Crippen LogP contribution < -0.4 is 10.9 Å². The molecule has 0 radical (unpaired) electrons. The fraction of sp³-hybridized carbons (Fsp3) is 0.0526. The maximum Gasteiger partial charge on any atom is 0.269 e. The molecule has 0 atom stereocenters. The summed E-state index contributed by atoms with van der Waals surface area (Å²) in [7, 11) is 0. The molecule has 4 aromatic rings. The quantitative estimate of drug-likeness (QED) is 0.340. The zero-order valence-electron chi connectivity index (χ0n) is 15.0. The lowest BCUT2D eigenvalue weighted by molar-refractivity contribution is -0.113. The number of aromatic nitrogens is 4. The van der Waals surface area contributed by atoms with Gasteiger partial charge < -0.3 is 5.32 Å². The van der Waals surface area contributed by atoms with Gasteiger partial charge in [-0.25, -0.2) is 9.37 Å². The molecular formula is C19H12Cl2FN5O2S. The van der Waals surface area contributed by atoms with Crippen LogP contribution in [0.1, 0.15) is 0 Å². The summed E-state index contributed by atoms with van der Waals surface area (Å²) in [5.41, 5.74) is 0.773. The number of nitrogens with zero attached hydrogens (tertiary/aromatic N) is 3. The number of carbonyl (C=O) groups excluding carboxylic acids is 1. The second-order valence-electron chi connectivity index (χ2n) is 6.11. The van der Waals surface area contributed by atoms with Crippen molar-refractivity contribution in [1.82, 2.24) is 19.7 Å². The number of hydrogen-bond donors (Lipinski definition) is 2. The third-order valence-corrected chi connectivity index (χ3v) is 5.55. The number of fused-ring (bicyclic) bond motifs is 1. The van der Waals surface area contributed by atoms with Crippen molar-refractivity contribution < 1.29 is 9.18 Å². The van der Waals surface area contributed by atoms with E-state index in [0.717, 1.165) is 17.8 Å². The Hall–Kier alpha value is -2.88. The highest BCUT2D eigenvalue weighted by atomic mass is 35.5. The molecule has 7 nitrogen and oxygen atoms in total. The molecule has 0 bridgehead atoms. The molecule has 0 unspecified atom stereocenters. The molecule has 11 heteroatoms. The van der Waals surface area contributed by atoms with Gasteiger partial charge in [-0.05, 0) is 42.5 Å². The van der Waals surface area contributed by atoms with Crippen molar-refractivity contribution >= 4 is 57.6 Å². The summed E-state index contributed by atoms with van der Waals surface area (Å²) in [6.07, 6.45) is 1.36. The Morgan fingerprint density at radius 3 is 2.70 bits per heavy atom. The number of amides is 1. The number of aromatic amines is 1. The molecule has 2 aromatic carbocycles. The van der Waals surface area contributed by atoms with Crippen molar-refractivity contribution in [3.63, 3.8) is 0 Å². The summed E-state index contributed by atoms with van der Waals surface area (Å²) in [6, 6.07) is 10.6. The fourth-order valence-corrected chi connectivity index (χ4v) is 3.79. The minimum atomic E-state index is -0.609. The van der Waals surface area contributed by atoms with E-state index in [9.17, 15) is 14.0 Å². The van der Waals surface area contributed by atoms with Gasteiger partial charge in [0.05, 0.1) is 22.7 Å². The predicted octanol–water partition coefficient (Wildman–Crippen LogP) is 4.29. The first-order valence-corrected chi connectivity index (χ1v) is 10.3. The summed E-state index contributed by atoms with van der Waals surface area (Å²) < 4.78 is 14.9. The van der Waals surface area contributed by atoms with Gasteiger partial charge in [0.2, 0.25) is 5.91 Å². The molecule has 0 fully saturated rings. The molecule has 0 aliphatic rings. The number of rotatable bonds is 5. The number of hydrogen-bond acceptors (Lipinski definition) is 5. The average molecular weight is 464 g/mol. The highest BCUT2D eigenvalue weighted by Gasteiger charge is 2.17. The van der Waals surface area contributed by atoms with Gasteiger partial charge in [-0.3, -0.25) is 19.3 Å². The molecule has 152 valence electrons. The molecule has 0 aliphatic heterocycles. The van der Waals surface area contributed by atoms with Gasteiger partial charge in [0.25, 0.3) is 5.56 Å². The zero-order valence-corrected chi connectivity index (χ0v) is 17.4. The number of halogens is 3. The van der Waals surface area contributed by atoms with Crippen molar-refractivity contribution in [2.24, 2.45) is 0 Å². The van der Waals surface area contributed by atoms with Crippen LogP contribution in [0.3, 0.4) is 0 Å². The van der Waals surface area contributed by atoms with Gasteiger partial charge in [-0.2, -0.15) is 5.10 Å². The molecule has 0 saturated heterocycles. The minimum absolute atomic E-state index is 0.0242. The van der Waals surface area contributed by atoms with Crippen molar-refractivity contribution in [2.45, 2.75) is 5.16 Å². The van der Waals surface area contributed by atoms with E-state index in [1.165, 1.54) is 22.9 Å². The maximum atomic E-state index is 13.6. The molecule has 2 N–H and O–H groups in total. The van der Waals surface area contributed by atoms with Crippen LogP contribution >= 0.6 is 35.0 Å². The third-order valence-electron chi connectivity index (χ3n) is 4.07. The Morgan fingerprint density at radius 2 is 1.97 bits per heavy atom. The van der Waals surface area contributed by atoms with E-state index in [2.05, 4.69) is 20.5 Å². The zero-order chi connectivity index (χ0) is 21.3. The number of nitrogens with one attached hydrogen (secondary N) is 2. The van der Waals surface area contributed by atoms with Crippen molar-refractivity contribution in [2.75, 3.05) is 11.1 Å². The first kappa shape index (κ1) is 20.4. The van der Waals surface area contributed by atoms with Gasteiger partial charge in [-0.15, -0.1) is 0 Å². The van der Waals surface area contributed by atoms with Crippen molar-refractivity contribution in [3.8, 4) is 5.69 Å². The molecule has 0 aliphatic carbocycles. The Balaban J connectivity index is 1.65. The molecular weight excluding hydrogens is 452 g/mol. The predicted molar refractivity (Wildman–Crippen MR) is 115 cm³/mol. The van der Waals surface area contributed by atoms with Gasteiger partial charge >= 0.3 is 0 Å². The minimum Gasteiger partial charge on any atom is -0.325 e. The highest BCUT2D eigenvalue weighted by Crippen LogP contribution is 2.24. The third kappa shape index (κ3) is 4.18. The fourth-order valence-electron chi connectivity index (χ4n) is 2.68. The molecule has 0 saturated carbocycles. The van der Waals surface area contributed by atoms with Gasteiger partial charge in [0.15, 0.2) is 10.8 Å². The van der Waals surface area contributed by atoms with Gasteiger partial charge in [-0.1, -0.05) is 35.0 Å². The molecule has 4 rings (SSSR count). The molecule has 30 heavy (non-hydrogen) atoms. The summed E-state index contributed by atoms with van der Waals surface area (Å²) >= 11 is 12.8. The Morgan fingerprint density at radius 1 is 1.20 bits per heavy atom. The van der Waals surface area contributed by atoms with E-state index in [1.54, 1.807) is 24.3 Å². The molecule has 1 amide bonds. The second kappa shape index (κ2) is 8.47. The molecule has 2 aromatic heterocycles. The van der Waals surface area contributed by atoms with E-state index < -0.39 is 11.4 Å². The standard InChI is InChI=1S/C19H12Cl2FN5O2S/c20-10-1-3-11(4-2-10)24-16(28)9-30-19-25-17-13(8-23-26-17)18(29)27(19)12-5-6-15(22)14(21)7-12/h1-8H,9H2,(H,23,26)(H,24,28). The lowest BCUT2D eigenvalue weighted by atomic mass is 10.3. The number of benzene rings is 2. The van der Waals surface area contributed by atoms with E-state index in [-0.39, 0.29) is 32.9 Å². The molecule has 2 heterocycles. The Bertz CT molecular complexity index is 1310. The second-order valence-corrected chi connectivity index (χ2v) is 7.90. The maximum absolute atomic E-state index is 13.6. The van der Waals surface area contributed by atoms with Crippen molar-refractivity contribution in [1.29, 1.82) is 0 Å². The van der Waals surface area contributed by atoms with Crippen LogP contribution in [0.2, 0.25) is 10.0 Å². The van der Waals surface area contributed by atoms with Gasteiger partial charge in [0.1, 0.15) is 11.2 Å². The van der Waals surface area contributed by atoms with Gasteiger partial charge in [0, 0.05) is 10.7 Å². The van der Waals surface area contributed by atoms with E-state index in [0.29, 0.717) is 16.4 Å². The summed E-state index contributed by atoms with van der Waals surface area (Å²) in [5.74, 6) is -0.934. The average Bonchev–Trinajstić information content (AvgIpc) is 3.19. The summed E-state index contributed by atoms with van der Waals surface area (Å²) in [6.45, 7) is 0. The van der Waals surface area contributed by atoms with Crippen LogP contribution in [0, 0.1) is 5.82 Å². The molecule has 0 spiro atoms. The number of anilines is 1. The largest absolute Gasteiger partial charge is 0.325 e. The van der Waals surface area contributed by atoms with Crippen LogP contribution in [0.15, 0.2) is 58.6 Å². The van der Waals surface area contributed by atoms with Crippen LogP contribution in [0.25, 0.3) is 16.7 Å². The smallest absolute Gasteiger partial charge is 0.269 e. The number of H-pyrrole nitrogens is 1. The monoisotopic (exact) mass is 463 g/mol. The normalized spacial score (nSPS) is 11.0. The van der Waals surface area contributed by atoms with Crippen molar-refractivity contribution in [3.05, 3.63) is 74.9 Å². The Labute approximate surface area is 183 Å². The van der Waals surface area contributed by atoms with Crippen LogP contribution in [0.5, 0.6) is 0 Å². The topological polar surface area (TPSA) is 92.7 Å². The highest BCUT2D eigenvalue weighted by molar-refractivity contribution is 7.99. The van der Waals surface area contributed by atoms with Crippen LogP contribution in [0.4, 0.5) is 10.1 Å². The van der Waals surface area contributed by atoms with Crippen LogP contribution in [-0.2, 0) is 4.79 Å². The first-order chi connectivity index (χ1) is 14.4. The Kier molecular flexibility index (Phi) is 5.76. The lowest BCUT2D eigenvalue weighted by Crippen LogP contribution is -2.22. The number of carbonyl (C=O) groups is 1. The van der Waals surface area contributed by atoms with Crippen LogP contribution in [-0.4, -0.2) is 31.4 Å². The van der Waals surface area contributed by atoms with E-state index in [1.807, 2.05) is 0 Å². The first-order valence-electron chi connectivity index (χ1n) is 8.52. The summed E-state index contributed by atoms with van der Waals surface area (Å²) in [5, 5.41) is 10.1. The SMILES string of the molecule is O=C(CSc1nc2[nH]ncc2c(=O)n1-c1ccc(F)c(Cl)c1)Nc1ccc(Cl)cc1.